The molecule has 11 heteroatoms. The summed E-state index contributed by atoms with van der Waals surface area (Å²) in [5.74, 6) is 2.29. The maximum atomic E-state index is 14.0. The average molecular weight is 561 g/mol. The number of aromatic amines is 1. The van der Waals surface area contributed by atoms with E-state index in [0.717, 1.165) is 43.3 Å². The predicted octanol–water partition coefficient (Wildman–Crippen LogP) is 6.07. The van der Waals surface area contributed by atoms with Gasteiger partial charge in [-0.25, -0.2) is 19.2 Å². The number of aromatic nitrogens is 6. The van der Waals surface area contributed by atoms with Crippen LogP contribution in [0.3, 0.4) is 0 Å². The summed E-state index contributed by atoms with van der Waals surface area (Å²) in [6, 6.07) is 6.58. The second-order valence-electron chi connectivity index (χ2n) is 11.6. The summed E-state index contributed by atoms with van der Waals surface area (Å²) in [5.41, 5.74) is 2.10. The lowest BCUT2D eigenvalue weighted by atomic mass is 9.80. The maximum absolute atomic E-state index is 14.0. The van der Waals surface area contributed by atoms with Crippen molar-refractivity contribution in [3.63, 3.8) is 0 Å². The number of fused-ring (bicyclic) bond motifs is 1. The van der Waals surface area contributed by atoms with Crippen LogP contribution in [0.1, 0.15) is 70.4 Å². The third kappa shape index (κ3) is 5.75. The number of allylic oxidation sites excluding steroid dienone is 1. The summed E-state index contributed by atoms with van der Waals surface area (Å²) in [7, 11) is 0. The van der Waals surface area contributed by atoms with Gasteiger partial charge >= 0.3 is 5.76 Å². The number of anilines is 2. The highest BCUT2D eigenvalue weighted by atomic mass is 19.1. The summed E-state index contributed by atoms with van der Waals surface area (Å²) in [6.45, 7) is 8.91. The van der Waals surface area contributed by atoms with Gasteiger partial charge in [0.1, 0.15) is 11.3 Å². The minimum absolute atomic E-state index is 0.149. The van der Waals surface area contributed by atoms with E-state index in [1.54, 1.807) is 6.07 Å². The molecule has 2 fully saturated rings. The van der Waals surface area contributed by atoms with Gasteiger partial charge in [-0.15, -0.1) is 6.58 Å². The minimum atomic E-state index is -0.673. The summed E-state index contributed by atoms with van der Waals surface area (Å²) < 4.78 is 21.0. The highest BCUT2D eigenvalue weighted by molar-refractivity contribution is 5.87. The van der Waals surface area contributed by atoms with Crippen molar-refractivity contribution >= 4 is 22.9 Å². The van der Waals surface area contributed by atoms with Gasteiger partial charge < -0.3 is 15.2 Å². The van der Waals surface area contributed by atoms with E-state index in [9.17, 15) is 9.18 Å². The molecule has 3 aromatic heterocycles. The number of imidazole rings is 1. The van der Waals surface area contributed by atoms with Gasteiger partial charge in [-0.2, -0.15) is 4.98 Å². The average Bonchev–Trinajstić information content (AvgIpc) is 3.51. The van der Waals surface area contributed by atoms with Gasteiger partial charge in [0, 0.05) is 12.6 Å². The number of nitrogens with zero attached hydrogens (tertiary/aromatic N) is 5. The standard InChI is InChI=1S/C30H37FN8O2/c1-4-19-11-13-20(14-12-19)16-39-24-25(32-17(2)21-7-5-8-21)34-27(28-37-30(40)41-38-28)35-26(24)36-29(39)33-18(3)22-9-6-10-23(31)15-22/h4,6,9-10,15,17-21H,1,5,7-8,11-14,16H2,2-3H3,(H,37,38,40)(H2,32,33,34,35,36). The Morgan fingerprint density at radius 2 is 1.95 bits per heavy atom. The van der Waals surface area contributed by atoms with E-state index in [1.165, 1.54) is 31.4 Å². The van der Waals surface area contributed by atoms with Crippen LogP contribution in [0.5, 0.6) is 0 Å². The van der Waals surface area contributed by atoms with E-state index in [1.807, 2.05) is 13.0 Å². The maximum Gasteiger partial charge on any atom is 0.439 e. The summed E-state index contributed by atoms with van der Waals surface area (Å²) in [4.78, 5) is 28.8. The molecule has 216 valence electrons. The number of rotatable bonds is 10. The molecule has 3 heterocycles. The second kappa shape index (κ2) is 11.5. The van der Waals surface area contributed by atoms with Crippen molar-refractivity contribution in [2.24, 2.45) is 17.8 Å². The van der Waals surface area contributed by atoms with Gasteiger partial charge in [0.15, 0.2) is 11.5 Å². The van der Waals surface area contributed by atoms with E-state index in [-0.39, 0.29) is 29.5 Å². The number of hydrogen-bond acceptors (Lipinski definition) is 8. The molecule has 0 saturated heterocycles. The molecule has 2 aliphatic carbocycles. The van der Waals surface area contributed by atoms with E-state index in [2.05, 4.69) is 44.9 Å². The van der Waals surface area contributed by atoms with Crippen molar-refractivity contribution in [1.29, 1.82) is 0 Å². The zero-order valence-electron chi connectivity index (χ0n) is 23.6. The number of halogens is 1. The fourth-order valence-corrected chi connectivity index (χ4v) is 6.05. The van der Waals surface area contributed by atoms with Gasteiger partial charge in [-0.05, 0) is 87.8 Å². The first-order valence-electron chi connectivity index (χ1n) is 14.6. The molecule has 2 unspecified atom stereocenters. The van der Waals surface area contributed by atoms with Crippen LogP contribution in [0, 0.1) is 23.6 Å². The van der Waals surface area contributed by atoms with Crippen molar-refractivity contribution in [2.45, 2.75) is 77.4 Å². The Morgan fingerprint density at radius 3 is 2.61 bits per heavy atom. The van der Waals surface area contributed by atoms with Gasteiger partial charge in [-0.1, -0.05) is 29.8 Å². The van der Waals surface area contributed by atoms with Crippen LogP contribution in [0.15, 0.2) is 46.2 Å². The Hall–Kier alpha value is -4.02. The number of benzene rings is 1. The first kappa shape index (κ1) is 27.2. The molecule has 0 bridgehead atoms. The molecule has 1 aromatic carbocycles. The van der Waals surface area contributed by atoms with Crippen LogP contribution in [0.2, 0.25) is 0 Å². The van der Waals surface area contributed by atoms with Crippen LogP contribution in [0.4, 0.5) is 16.2 Å². The Morgan fingerprint density at radius 1 is 1.15 bits per heavy atom. The van der Waals surface area contributed by atoms with Gasteiger partial charge in [0.2, 0.25) is 17.6 Å². The van der Waals surface area contributed by atoms with Crippen molar-refractivity contribution in [1.82, 2.24) is 29.7 Å². The molecule has 0 aliphatic heterocycles. The molecule has 2 saturated carbocycles. The van der Waals surface area contributed by atoms with E-state index in [0.29, 0.717) is 35.2 Å². The van der Waals surface area contributed by atoms with Gasteiger partial charge in [-0.3, -0.25) is 9.51 Å². The summed E-state index contributed by atoms with van der Waals surface area (Å²) in [6.07, 6.45) is 10.1. The fourth-order valence-electron chi connectivity index (χ4n) is 6.05. The molecule has 3 N–H and O–H groups in total. The topological polar surface area (TPSA) is 127 Å². The Labute approximate surface area is 237 Å². The molecule has 4 aromatic rings. The summed E-state index contributed by atoms with van der Waals surface area (Å²) in [5, 5.41) is 11.0. The van der Waals surface area contributed by atoms with E-state index in [4.69, 9.17) is 19.5 Å². The lowest BCUT2D eigenvalue weighted by Gasteiger charge is -2.32. The molecule has 2 atom stereocenters. The third-order valence-corrected chi connectivity index (χ3v) is 8.84. The first-order chi connectivity index (χ1) is 19.9. The first-order valence-corrected chi connectivity index (χ1v) is 14.6. The van der Waals surface area contributed by atoms with E-state index < -0.39 is 5.76 Å². The van der Waals surface area contributed by atoms with Crippen molar-refractivity contribution < 1.29 is 8.91 Å². The molecule has 41 heavy (non-hydrogen) atoms. The Kier molecular flexibility index (Phi) is 7.59. The lowest BCUT2D eigenvalue weighted by molar-refractivity contribution is 0.283. The van der Waals surface area contributed by atoms with Gasteiger partial charge in [0.05, 0.1) is 6.04 Å². The van der Waals surface area contributed by atoms with Crippen molar-refractivity contribution in [3.05, 3.63) is 58.9 Å². The number of nitrogens with one attached hydrogen (secondary N) is 3. The van der Waals surface area contributed by atoms with Gasteiger partial charge in [0.25, 0.3) is 0 Å². The molecule has 10 nitrogen and oxygen atoms in total. The molecule has 0 radical (unpaired) electrons. The number of H-pyrrole nitrogens is 1. The lowest BCUT2D eigenvalue weighted by Crippen LogP contribution is -2.31. The molecule has 6 rings (SSSR count). The highest BCUT2D eigenvalue weighted by Crippen LogP contribution is 2.36. The quantitative estimate of drug-likeness (QED) is 0.199. The zero-order valence-corrected chi connectivity index (χ0v) is 23.6. The molecule has 0 amide bonds. The zero-order chi connectivity index (χ0) is 28.5. The van der Waals surface area contributed by atoms with Crippen LogP contribution < -0.4 is 16.4 Å². The monoisotopic (exact) mass is 560 g/mol. The smallest absolute Gasteiger partial charge is 0.365 e. The molecule has 2 aliphatic rings. The molecular weight excluding hydrogens is 523 g/mol. The number of hydrogen-bond donors (Lipinski definition) is 3. The normalized spacial score (nSPS) is 20.9. The minimum Gasteiger partial charge on any atom is -0.365 e. The van der Waals surface area contributed by atoms with Crippen LogP contribution in [0.25, 0.3) is 22.8 Å². The third-order valence-electron chi connectivity index (χ3n) is 8.84. The van der Waals surface area contributed by atoms with Crippen molar-refractivity contribution in [2.75, 3.05) is 10.6 Å². The van der Waals surface area contributed by atoms with Crippen molar-refractivity contribution in [3.8, 4) is 11.6 Å². The Bertz CT molecular complexity index is 1580. The predicted molar refractivity (Wildman–Crippen MR) is 156 cm³/mol. The second-order valence-corrected chi connectivity index (χ2v) is 11.6. The molecular formula is C30H37FN8O2. The Balaban J connectivity index is 1.44. The van der Waals surface area contributed by atoms with Crippen LogP contribution in [-0.2, 0) is 6.54 Å². The van der Waals surface area contributed by atoms with Crippen LogP contribution in [-0.4, -0.2) is 35.7 Å². The van der Waals surface area contributed by atoms with Crippen LogP contribution >= 0.6 is 0 Å². The SMILES string of the molecule is C=CC1CCC(Cn2c(NC(C)c3cccc(F)c3)nc3nc(-c4noc(=O)[nH]4)nc(NC(C)C4CCC4)c32)CC1. The largest absolute Gasteiger partial charge is 0.439 e. The summed E-state index contributed by atoms with van der Waals surface area (Å²) >= 11 is 0. The van der Waals surface area contributed by atoms with E-state index >= 15 is 0 Å². The fraction of sp³-hybridized carbons (Fsp3) is 0.500. The highest BCUT2D eigenvalue weighted by Gasteiger charge is 2.29. The molecule has 0 spiro atoms.